The van der Waals surface area contributed by atoms with E-state index in [-0.39, 0.29) is 6.04 Å². The van der Waals surface area contributed by atoms with Crippen molar-refractivity contribution in [3.05, 3.63) is 64.6 Å². The van der Waals surface area contributed by atoms with Crippen molar-refractivity contribution in [2.75, 3.05) is 12.4 Å². The zero-order valence-corrected chi connectivity index (χ0v) is 13.9. The number of nitrogens with one attached hydrogen (secondary N) is 1. The van der Waals surface area contributed by atoms with Crippen molar-refractivity contribution in [1.29, 1.82) is 0 Å². The second kappa shape index (κ2) is 6.86. The highest BCUT2D eigenvalue weighted by Crippen LogP contribution is 2.20. The van der Waals surface area contributed by atoms with E-state index in [9.17, 15) is 0 Å². The summed E-state index contributed by atoms with van der Waals surface area (Å²) >= 11 is 8.94. The molecule has 0 unspecified atom stereocenters. The van der Waals surface area contributed by atoms with Gasteiger partial charge in [0.1, 0.15) is 0 Å². The summed E-state index contributed by atoms with van der Waals surface area (Å²) in [5, 5.41) is 3.97. The number of benzene rings is 2. The van der Waals surface area contributed by atoms with Crippen LogP contribution in [0, 0.1) is 0 Å². The third-order valence-electron chi connectivity index (χ3n) is 3.26. The molecule has 2 rings (SSSR count). The van der Waals surface area contributed by atoms with Crippen molar-refractivity contribution in [3.63, 3.8) is 0 Å². The Kier molecular flexibility index (Phi) is 5.15. The molecule has 4 heteroatoms. The largest absolute Gasteiger partial charge is 0.345 e. The molecule has 0 amide bonds. The molecule has 0 radical (unpaired) electrons. The van der Waals surface area contributed by atoms with Gasteiger partial charge in [0.05, 0.1) is 6.04 Å². The van der Waals surface area contributed by atoms with Crippen LogP contribution < -0.4 is 5.32 Å². The molecule has 0 heterocycles. The number of nitrogens with zero attached hydrogens (tertiary/aromatic N) is 1. The third kappa shape index (κ3) is 3.81. The van der Waals surface area contributed by atoms with Gasteiger partial charge in [0.25, 0.3) is 0 Å². The van der Waals surface area contributed by atoms with Crippen LogP contribution >= 0.6 is 28.1 Å². The van der Waals surface area contributed by atoms with E-state index in [1.54, 1.807) is 0 Å². The Morgan fingerprint density at radius 2 is 1.85 bits per heavy atom. The van der Waals surface area contributed by atoms with Gasteiger partial charge >= 0.3 is 0 Å². The van der Waals surface area contributed by atoms with E-state index in [2.05, 4.69) is 45.2 Å². The first-order valence-corrected chi connectivity index (χ1v) is 7.62. The zero-order chi connectivity index (χ0) is 14.5. The molecule has 2 nitrogen and oxygen atoms in total. The van der Waals surface area contributed by atoms with Gasteiger partial charge < -0.3 is 10.2 Å². The van der Waals surface area contributed by atoms with E-state index >= 15 is 0 Å². The molecule has 0 aromatic heterocycles. The van der Waals surface area contributed by atoms with Crippen molar-refractivity contribution >= 4 is 38.9 Å². The lowest BCUT2D eigenvalue weighted by atomic mass is 10.1. The Morgan fingerprint density at radius 3 is 2.50 bits per heavy atom. The molecular weight excluding hydrogens is 332 g/mol. The second-order valence-corrected chi connectivity index (χ2v) is 5.94. The molecule has 0 spiro atoms. The molecular formula is C16H17BrN2S. The number of rotatable bonds is 3. The highest BCUT2D eigenvalue weighted by molar-refractivity contribution is 9.10. The topological polar surface area (TPSA) is 15.3 Å². The lowest BCUT2D eigenvalue weighted by Gasteiger charge is -2.28. The Labute approximate surface area is 133 Å². The van der Waals surface area contributed by atoms with Crippen LogP contribution in [0.5, 0.6) is 0 Å². The molecule has 1 atom stereocenters. The van der Waals surface area contributed by atoms with Crippen LogP contribution in [0.3, 0.4) is 0 Å². The minimum Gasteiger partial charge on any atom is -0.345 e. The van der Waals surface area contributed by atoms with Crippen LogP contribution in [-0.4, -0.2) is 17.1 Å². The minimum absolute atomic E-state index is 0.225. The Morgan fingerprint density at radius 1 is 1.15 bits per heavy atom. The van der Waals surface area contributed by atoms with Crippen LogP contribution in [0.25, 0.3) is 0 Å². The van der Waals surface area contributed by atoms with E-state index in [4.69, 9.17) is 12.2 Å². The Balaban J connectivity index is 2.05. The molecule has 0 bridgehead atoms. The first-order valence-electron chi connectivity index (χ1n) is 6.42. The highest BCUT2D eigenvalue weighted by atomic mass is 79.9. The van der Waals surface area contributed by atoms with Gasteiger partial charge in [0, 0.05) is 17.2 Å². The standard InChI is InChI=1S/C16H17BrN2S/c1-12(13-7-4-3-5-8-13)19(2)16(20)18-15-10-6-9-14(17)11-15/h3-12H,1-2H3,(H,18,20)/t12-/m1/s1. The van der Waals surface area contributed by atoms with Gasteiger partial charge in [-0.1, -0.05) is 52.3 Å². The van der Waals surface area contributed by atoms with Gasteiger partial charge in [-0.2, -0.15) is 0 Å². The summed E-state index contributed by atoms with van der Waals surface area (Å²) in [7, 11) is 2.00. The minimum atomic E-state index is 0.225. The summed E-state index contributed by atoms with van der Waals surface area (Å²) in [6.07, 6.45) is 0. The summed E-state index contributed by atoms with van der Waals surface area (Å²) in [5.41, 5.74) is 2.23. The number of thiocarbonyl (C=S) groups is 1. The quantitative estimate of drug-likeness (QED) is 0.799. The number of hydrogen-bond donors (Lipinski definition) is 1. The second-order valence-electron chi connectivity index (χ2n) is 4.64. The van der Waals surface area contributed by atoms with E-state index < -0.39 is 0 Å². The number of halogens is 1. The summed E-state index contributed by atoms with van der Waals surface area (Å²) in [5.74, 6) is 0. The summed E-state index contributed by atoms with van der Waals surface area (Å²) in [6.45, 7) is 2.14. The van der Waals surface area contributed by atoms with Crippen LogP contribution in [0.1, 0.15) is 18.5 Å². The van der Waals surface area contributed by atoms with E-state index in [1.165, 1.54) is 5.56 Å². The fraction of sp³-hybridized carbons (Fsp3) is 0.188. The molecule has 2 aromatic carbocycles. The molecule has 0 saturated heterocycles. The zero-order valence-electron chi connectivity index (χ0n) is 11.5. The van der Waals surface area contributed by atoms with Crippen molar-refractivity contribution in [3.8, 4) is 0 Å². The van der Waals surface area contributed by atoms with Crippen molar-refractivity contribution in [2.45, 2.75) is 13.0 Å². The monoisotopic (exact) mass is 348 g/mol. The van der Waals surface area contributed by atoms with Crippen LogP contribution in [0.4, 0.5) is 5.69 Å². The summed E-state index contributed by atoms with van der Waals surface area (Å²) < 4.78 is 1.03. The fourth-order valence-electron chi connectivity index (χ4n) is 1.91. The molecule has 20 heavy (non-hydrogen) atoms. The van der Waals surface area contributed by atoms with Gasteiger partial charge in [0.2, 0.25) is 0 Å². The molecule has 1 N–H and O–H groups in total. The average Bonchev–Trinajstić information content (AvgIpc) is 2.46. The molecule has 0 aliphatic carbocycles. The van der Waals surface area contributed by atoms with Crippen LogP contribution in [-0.2, 0) is 0 Å². The normalized spacial score (nSPS) is 11.8. The maximum absolute atomic E-state index is 5.48. The van der Waals surface area contributed by atoms with E-state index in [0.29, 0.717) is 5.11 Å². The molecule has 2 aromatic rings. The lowest BCUT2D eigenvalue weighted by molar-refractivity contribution is 0.408. The van der Waals surface area contributed by atoms with Crippen LogP contribution in [0.2, 0.25) is 0 Å². The average molecular weight is 349 g/mol. The predicted molar refractivity (Wildman–Crippen MR) is 93.0 cm³/mol. The Hall–Kier alpha value is -1.39. The number of hydrogen-bond acceptors (Lipinski definition) is 1. The first-order chi connectivity index (χ1) is 9.58. The molecule has 0 aliphatic rings. The van der Waals surface area contributed by atoms with Gasteiger partial charge in [-0.15, -0.1) is 0 Å². The molecule has 0 saturated carbocycles. The van der Waals surface area contributed by atoms with E-state index in [1.807, 2.05) is 49.5 Å². The summed E-state index contributed by atoms with van der Waals surface area (Å²) in [6, 6.07) is 18.5. The van der Waals surface area contributed by atoms with Gasteiger partial charge in [-0.05, 0) is 42.9 Å². The third-order valence-corrected chi connectivity index (χ3v) is 4.14. The SMILES string of the molecule is C[C@H](c1ccccc1)N(C)C(=S)Nc1cccc(Br)c1. The molecule has 0 fully saturated rings. The molecule has 104 valence electrons. The maximum Gasteiger partial charge on any atom is 0.173 e. The van der Waals surface area contributed by atoms with Crippen molar-refractivity contribution in [2.24, 2.45) is 0 Å². The highest BCUT2D eigenvalue weighted by Gasteiger charge is 2.14. The van der Waals surface area contributed by atoms with Crippen molar-refractivity contribution in [1.82, 2.24) is 4.90 Å². The smallest absolute Gasteiger partial charge is 0.173 e. The predicted octanol–water partition coefficient (Wildman–Crippen LogP) is 4.84. The maximum atomic E-state index is 5.48. The van der Waals surface area contributed by atoms with Gasteiger partial charge in [-0.25, -0.2) is 0 Å². The van der Waals surface area contributed by atoms with Crippen molar-refractivity contribution < 1.29 is 0 Å². The van der Waals surface area contributed by atoms with Crippen LogP contribution in [0.15, 0.2) is 59.1 Å². The molecule has 0 aliphatic heterocycles. The van der Waals surface area contributed by atoms with Gasteiger partial charge in [0.15, 0.2) is 5.11 Å². The fourth-order valence-corrected chi connectivity index (χ4v) is 2.58. The lowest BCUT2D eigenvalue weighted by Crippen LogP contribution is -2.33. The number of anilines is 1. The van der Waals surface area contributed by atoms with E-state index in [0.717, 1.165) is 10.2 Å². The first kappa shape index (κ1) is 15.0. The van der Waals surface area contributed by atoms with Gasteiger partial charge in [-0.3, -0.25) is 0 Å². The summed E-state index contributed by atoms with van der Waals surface area (Å²) in [4.78, 5) is 2.06. The Bertz CT molecular complexity index is 586.